The van der Waals surface area contributed by atoms with Crippen molar-refractivity contribution < 1.29 is 4.79 Å². The molecule has 9 nitrogen and oxygen atoms in total. The lowest BCUT2D eigenvalue weighted by Crippen LogP contribution is -2.29. The molecule has 34 heavy (non-hydrogen) atoms. The number of benzene rings is 3. The fourth-order valence-corrected chi connectivity index (χ4v) is 3.56. The molecule has 2 heterocycles. The molecule has 2 N–H and O–H groups in total. The van der Waals surface area contributed by atoms with Crippen LogP contribution in [0.15, 0.2) is 93.6 Å². The van der Waals surface area contributed by atoms with E-state index in [0.717, 1.165) is 0 Å². The van der Waals surface area contributed by atoms with Gasteiger partial charge < -0.3 is 0 Å². The van der Waals surface area contributed by atoms with E-state index in [2.05, 4.69) is 25.6 Å². The molecule has 0 bridgehead atoms. The number of rotatable bonds is 4. The van der Waals surface area contributed by atoms with E-state index in [-0.39, 0.29) is 22.6 Å². The minimum atomic E-state index is -0.537. The minimum Gasteiger partial charge on any atom is -0.295 e. The molecule has 0 radical (unpaired) electrons. The fraction of sp³-hybridized carbons (Fsp3) is 0.0400. The Morgan fingerprint density at radius 1 is 0.912 bits per heavy atom. The summed E-state index contributed by atoms with van der Waals surface area (Å²) in [5, 5.41) is 7.44. The molecular formula is C25H18N6O3. The molecule has 0 saturated heterocycles. The molecule has 166 valence electrons. The molecule has 0 fully saturated rings. The van der Waals surface area contributed by atoms with Crippen molar-refractivity contribution in [1.82, 2.24) is 19.6 Å². The Bertz CT molecular complexity index is 1740. The van der Waals surface area contributed by atoms with E-state index in [0.29, 0.717) is 27.7 Å². The monoisotopic (exact) mass is 450 g/mol. The molecule has 0 aliphatic carbocycles. The third-order valence-electron chi connectivity index (χ3n) is 5.28. The number of ketones is 1. The van der Waals surface area contributed by atoms with Gasteiger partial charge in [-0.25, -0.2) is 9.50 Å². The third kappa shape index (κ3) is 3.86. The van der Waals surface area contributed by atoms with Crippen molar-refractivity contribution in [3.05, 3.63) is 110 Å². The fourth-order valence-electron chi connectivity index (χ4n) is 3.56. The van der Waals surface area contributed by atoms with Crippen LogP contribution < -0.4 is 21.9 Å². The van der Waals surface area contributed by atoms with E-state index < -0.39 is 11.1 Å². The van der Waals surface area contributed by atoms with Crippen molar-refractivity contribution in [2.24, 2.45) is 5.10 Å². The van der Waals surface area contributed by atoms with Crippen molar-refractivity contribution in [3.63, 3.8) is 0 Å². The first kappa shape index (κ1) is 21.0. The highest BCUT2D eigenvalue weighted by molar-refractivity contribution is 5.94. The standard InChI is InChI=1S/C25H18N6O3/c1-15(32)16-11-13-18(14-12-16)28-29-22-21(17-7-3-2-4-8-17)26-25-27-23(33)19-9-5-6-10-20(19)31(25)30-24(22)34/h2-14,28H,1H3,(H,30,34). The number of hydrogen-bond acceptors (Lipinski definition) is 7. The zero-order chi connectivity index (χ0) is 23.7. The van der Waals surface area contributed by atoms with Crippen LogP contribution in [0.4, 0.5) is 5.69 Å². The molecule has 2 aromatic heterocycles. The van der Waals surface area contributed by atoms with Gasteiger partial charge in [0.2, 0.25) is 0 Å². The summed E-state index contributed by atoms with van der Waals surface area (Å²) in [6.07, 6.45) is 0. The van der Waals surface area contributed by atoms with Crippen LogP contribution in [0, 0.1) is 0 Å². The minimum absolute atomic E-state index is 0.00359. The molecular weight excluding hydrogens is 432 g/mol. The van der Waals surface area contributed by atoms with Crippen LogP contribution in [0.5, 0.6) is 0 Å². The van der Waals surface area contributed by atoms with Crippen molar-refractivity contribution in [2.45, 2.75) is 6.92 Å². The number of nitrogens with zero attached hydrogens (tertiary/aromatic N) is 4. The van der Waals surface area contributed by atoms with E-state index in [9.17, 15) is 14.4 Å². The second-order valence-electron chi connectivity index (χ2n) is 7.54. The molecule has 0 amide bonds. The van der Waals surface area contributed by atoms with Gasteiger partial charge in [-0.2, -0.15) is 10.1 Å². The summed E-state index contributed by atoms with van der Waals surface area (Å²) in [5.41, 5.74) is 4.36. The van der Waals surface area contributed by atoms with Gasteiger partial charge in [0, 0.05) is 11.1 Å². The molecule has 0 saturated carbocycles. The number of aromatic amines is 1. The van der Waals surface area contributed by atoms with Crippen LogP contribution in [0.3, 0.4) is 0 Å². The van der Waals surface area contributed by atoms with Crippen LogP contribution in [-0.4, -0.2) is 25.4 Å². The van der Waals surface area contributed by atoms with Gasteiger partial charge in [0.25, 0.3) is 16.9 Å². The van der Waals surface area contributed by atoms with E-state index in [1.807, 2.05) is 18.2 Å². The smallest absolute Gasteiger partial charge is 0.292 e. The van der Waals surface area contributed by atoms with Crippen molar-refractivity contribution in [2.75, 3.05) is 5.43 Å². The molecule has 5 aromatic rings. The summed E-state index contributed by atoms with van der Waals surface area (Å²) in [5.74, 6) is -0.0151. The summed E-state index contributed by atoms with van der Waals surface area (Å²) >= 11 is 0. The largest absolute Gasteiger partial charge is 0.295 e. The van der Waals surface area contributed by atoms with Gasteiger partial charge in [0.1, 0.15) is 5.69 Å². The molecule has 0 aliphatic heterocycles. The number of para-hydroxylation sites is 1. The van der Waals surface area contributed by atoms with Gasteiger partial charge in [-0.05, 0) is 43.3 Å². The molecule has 0 aliphatic rings. The molecule has 0 unspecified atom stereocenters. The lowest BCUT2D eigenvalue weighted by Gasteiger charge is -2.02. The quantitative estimate of drug-likeness (QED) is 0.321. The Morgan fingerprint density at radius 3 is 2.35 bits per heavy atom. The number of aromatic nitrogens is 4. The maximum atomic E-state index is 13.3. The van der Waals surface area contributed by atoms with Gasteiger partial charge in [-0.3, -0.25) is 24.9 Å². The maximum Gasteiger partial charge on any atom is 0.292 e. The number of nitrogens with one attached hydrogen (secondary N) is 2. The van der Waals surface area contributed by atoms with Crippen LogP contribution in [0.2, 0.25) is 0 Å². The number of H-pyrrole nitrogens is 1. The van der Waals surface area contributed by atoms with Crippen molar-refractivity contribution in [3.8, 4) is 11.3 Å². The normalized spacial score (nSPS) is 11.6. The number of carbonyl (C=O) groups excluding carboxylic acids is 1. The second kappa shape index (κ2) is 8.55. The number of fused-ring (bicyclic) bond motifs is 3. The topological polar surface area (TPSA) is 122 Å². The Balaban J connectivity index is 1.79. The summed E-state index contributed by atoms with van der Waals surface area (Å²) in [7, 11) is 0. The highest BCUT2D eigenvalue weighted by Crippen LogP contribution is 2.14. The van der Waals surface area contributed by atoms with E-state index >= 15 is 0 Å². The van der Waals surface area contributed by atoms with Crippen LogP contribution in [0.1, 0.15) is 17.3 Å². The van der Waals surface area contributed by atoms with Gasteiger partial charge >= 0.3 is 0 Å². The average Bonchev–Trinajstić information content (AvgIpc) is 3.00. The predicted molar refractivity (Wildman–Crippen MR) is 128 cm³/mol. The van der Waals surface area contributed by atoms with Gasteiger partial charge in [-0.1, -0.05) is 42.5 Å². The van der Waals surface area contributed by atoms with Gasteiger partial charge in [-0.15, -0.1) is 0 Å². The first-order chi connectivity index (χ1) is 16.5. The van der Waals surface area contributed by atoms with Gasteiger partial charge in [0.15, 0.2) is 11.1 Å². The molecule has 3 aromatic carbocycles. The van der Waals surface area contributed by atoms with Crippen molar-refractivity contribution >= 4 is 28.2 Å². The number of hydrogen-bond donors (Lipinski definition) is 2. The highest BCUT2D eigenvalue weighted by Gasteiger charge is 2.11. The zero-order valence-electron chi connectivity index (χ0n) is 18.0. The van der Waals surface area contributed by atoms with E-state index in [1.54, 1.807) is 60.7 Å². The SMILES string of the molecule is CC(=O)c1ccc(NN=c2c(-c3ccccc3)nc3nc(=O)c4ccccc4n3[nH]c2=O)cc1. The van der Waals surface area contributed by atoms with E-state index in [1.165, 1.54) is 11.4 Å². The summed E-state index contributed by atoms with van der Waals surface area (Å²) in [6, 6.07) is 22.6. The Morgan fingerprint density at radius 2 is 1.62 bits per heavy atom. The first-order valence-electron chi connectivity index (χ1n) is 10.4. The molecule has 0 atom stereocenters. The molecule has 0 spiro atoms. The van der Waals surface area contributed by atoms with Crippen molar-refractivity contribution in [1.29, 1.82) is 0 Å². The summed E-state index contributed by atoms with van der Waals surface area (Å²) in [4.78, 5) is 46.1. The van der Waals surface area contributed by atoms with Crippen LogP contribution in [-0.2, 0) is 0 Å². The van der Waals surface area contributed by atoms with E-state index in [4.69, 9.17) is 0 Å². The zero-order valence-corrected chi connectivity index (χ0v) is 18.0. The average molecular weight is 450 g/mol. The lowest BCUT2D eigenvalue weighted by molar-refractivity contribution is 0.101. The van der Waals surface area contributed by atoms with Gasteiger partial charge in [0.05, 0.1) is 16.6 Å². The Hall–Kier alpha value is -4.92. The predicted octanol–water partition coefficient (Wildman–Crippen LogP) is 2.73. The molecule has 9 heteroatoms. The van der Waals surface area contributed by atoms with Crippen LogP contribution in [0.25, 0.3) is 27.9 Å². The molecule has 5 rings (SSSR count). The summed E-state index contributed by atoms with van der Waals surface area (Å²) in [6.45, 7) is 1.49. The third-order valence-corrected chi connectivity index (χ3v) is 5.28. The Kier molecular flexibility index (Phi) is 5.27. The number of carbonyl (C=O) groups is 1. The number of Topliss-reactive ketones (excluding diaryl/α,β-unsaturated/α-hetero) is 1. The number of anilines is 1. The summed E-state index contributed by atoms with van der Waals surface area (Å²) < 4.78 is 1.38. The second-order valence-corrected chi connectivity index (χ2v) is 7.54. The lowest BCUT2D eigenvalue weighted by atomic mass is 10.1. The highest BCUT2D eigenvalue weighted by atomic mass is 16.1. The maximum absolute atomic E-state index is 13.3. The first-order valence-corrected chi connectivity index (χ1v) is 10.4. The van der Waals surface area contributed by atoms with Crippen LogP contribution >= 0.6 is 0 Å². The Labute approximate surface area is 192 Å².